The number of rotatable bonds is 6. The third-order valence-electron chi connectivity index (χ3n) is 4.54. The van der Waals surface area contributed by atoms with Gasteiger partial charge in [-0.3, -0.25) is 9.69 Å². The molecule has 25 heavy (non-hydrogen) atoms. The second-order valence-corrected chi connectivity index (χ2v) is 6.57. The minimum Gasteiger partial charge on any atom is -0.508 e. The number of carbonyl (C=O) groups is 1. The first-order valence-electron chi connectivity index (χ1n) is 8.62. The first kappa shape index (κ1) is 17.5. The van der Waals surface area contributed by atoms with Gasteiger partial charge in [0.15, 0.2) is 0 Å². The topological polar surface area (TPSA) is 72.8 Å². The van der Waals surface area contributed by atoms with Gasteiger partial charge in [-0.1, -0.05) is 36.4 Å². The van der Waals surface area contributed by atoms with Crippen molar-refractivity contribution in [1.82, 2.24) is 10.2 Å². The van der Waals surface area contributed by atoms with Crippen LogP contribution in [-0.4, -0.2) is 40.2 Å². The lowest BCUT2D eigenvalue weighted by molar-refractivity contribution is -0.120. The molecule has 1 heterocycles. The number of aromatic hydroxyl groups is 1. The van der Waals surface area contributed by atoms with Crippen molar-refractivity contribution in [2.24, 2.45) is 0 Å². The van der Waals surface area contributed by atoms with Crippen LogP contribution >= 0.6 is 0 Å². The summed E-state index contributed by atoms with van der Waals surface area (Å²) in [7, 11) is 0. The molecule has 0 spiro atoms. The SMILES string of the molecule is O=C(Cc1ccc(O)cc1)NCc1ccccc1CN1CCC(O)C1. The van der Waals surface area contributed by atoms with Gasteiger partial charge in [0.05, 0.1) is 12.5 Å². The number of likely N-dealkylation sites (tertiary alicyclic amines) is 1. The van der Waals surface area contributed by atoms with Gasteiger partial charge in [0.25, 0.3) is 0 Å². The molecule has 1 unspecified atom stereocenters. The van der Waals surface area contributed by atoms with E-state index in [1.165, 1.54) is 5.56 Å². The smallest absolute Gasteiger partial charge is 0.224 e. The van der Waals surface area contributed by atoms with Gasteiger partial charge in [0.1, 0.15) is 5.75 Å². The molecule has 0 bridgehead atoms. The molecular formula is C20H24N2O3. The van der Waals surface area contributed by atoms with Crippen LogP contribution in [0.4, 0.5) is 0 Å². The second-order valence-electron chi connectivity index (χ2n) is 6.57. The Morgan fingerprint density at radius 3 is 2.52 bits per heavy atom. The molecule has 1 aliphatic heterocycles. The normalized spacial score (nSPS) is 17.6. The van der Waals surface area contributed by atoms with E-state index in [-0.39, 0.29) is 17.8 Å². The fraction of sp³-hybridized carbons (Fsp3) is 0.350. The zero-order chi connectivity index (χ0) is 17.6. The summed E-state index contributed by atoms with van der Waals surface area (Å²) in [4.78, 5) is 14.4. The molecule has 0 radical (unpaired) electrons. The molecule has 2 aromatic rings. The Hall–Kier alpha value is -2.37. The van der Waals surface area contributed by atoms with Gasteiger partial charge < -0.3 is 15.5 Å². The highest BCUT2D eigenvalue weighted by Gasteiger charge is 2.20. The molecule has 3 N–H and O–H groups in total. The van der Waals surface area contributed by atoms with Crippen LogP contribution in [0.25, 0.3) is 0 Å². The van der Waals surface area contributed by atoms with E-state index < -0.39 is 0 Å². The van der Waals surface area contributed by atoms with Crippen LogP contribution in [0, 0.1) is 0 Å². The van der Waals surface area contributed by atoms with Gasteiger partial charge >= 0.3 is 0 Å². The number of amides is 1. The van der Waals surface area contributed by atoms with Crippen molar-refractivity contribution in [2.75, 3.05) is 13.1 Å². The van der Waals surface area contributed by atoms with E-state index >= 15 is 0 Å². The predicted molar refractivity (Wildman–Crippen MR) is 96.0 cm³/mol. The quantitative estimate of drug-likeness (QED) is 0.750. The Kier molecular flexibility index (Phi) is 5.68. The highest BCUT2D eigenvalue weighted by Crippen LogP contribution is 2.16. The molecule has 1 fully saturated rings. The molecule has 1 saturated heterocycles. The minimum absolute atomic E-state index is 0.0444. The van der Waals surface area contributed by atoms with Crippen LogP contribution < -0.4 is 5.32 Å². The predicted octanol–water partition coefficient (Wildman–Crippen LogP) is 1.82. The molecule has 2 aromatic carbocycles. The molecule has 3 rings (SSSR count). The number of benzene rings is 2. The average molecular weight is 340 g/mol. The van der Waals surface area contributed by atoms with Crippen molar-refractivity contribution >= 4 is 5.91 Å². The fourth-order valence-corrected chi connectivity index (χ4v) is 3.14. The third-order valence-corrected chi connectivity index (χ3v) is 4.54. The lowest BCUT2D eigenvalue weighted by Gasteiger charge is -2.18. The maximum absolute atomic E-state index is 12.2. The largest absolute Gasteiger partial charge is 0.508 e. The van der Waals surface area contributed by atoms with Crippen molar-refractivity contribution in [1.29, 1.82) is 0 Å². The van der Waals surface area contributed by atoms with Gasteiger partial charge in [0, 0.05) is 26.2 Å². The molecular weight excluding hydrogens is 316 g/mol. The minimum atomic E-state index is -0.225. The molecule has 5 nitrogen and oxygen atoms in total. The van der Waals surface area contributed by atoms with Crippen molar-refractivity contribution in [3.05, 3.63) is 65.2 Å². The van der Waals surface area contributed by atoms with Crippen molar-refractivity contribution < 1.29 is 15.0 Å². The molecule has 0 aliphatic carbocycles. The summed E-state index contributed by atoms with van der Waals surface area (Å²) in [6.45, 7) is 2.90. The summed E-state index contributed by atoms with van der Waals surface area (Å²) >= 11 is 0. The van der Waals surface area contributed by atoms with E-state index in [0.717, 1.165) is 30.6 Å². The lowest BCUT2D eigenvalue weighted by Crippen LogP contribution is -2.26. The molecule has 1 amide bonds. The first-order chi connectivity index (χ1) is 12.1. The van der Waals surface area contributed by atoms with E-state index in [4.69, 9.17) is 0 Å². The Balaban J connectivity index is 1.55. The monoisotopic (exact) mass is 340 g/mol. The summed E-state index contributed by atoms with van der Waals surface area (Å²) in [5.41, 5.74) is 3.15. The van der Waals surface area contributed by atoms with Crippen LogP contribution in [-0.2, 0) is 24.3 Å². The van der Waals surface area contributed by atoms with E-state index in [1.807, 2.05) is 18.2 Å². The number of hydrogen-bond acceptors (Lipinski definition) is 4. The van der Waals surface area contributed by atoms with Gasteiger partial charge in [-0.15, -0.1) is 0 Å². The first-order valence-corrected chi connectivity index (χ1v) is 8.62. The summed E-state index contributed by atoms with van der Waals surface area (Å²) < 4.78 is 0. The third kappa shape index (κ3) is 5.05. The number of nitrogens with one attached hydrogen (secondary N) is 1. The zero-order valence-electron chi connectivity index (χ0n) is 14.2. The van der Waals surface area contributed by atoms with Gasteiger partial charge in [-0.2, -0.15) is 0 Å². The summed E-state index contributed by atoms with van der Waals surface area (Å²) in [6, 6.07) is 14.8. The lowest BCUT2D eigenvalue weighted by atomic mass is 10.1. The number of phenols is 1. The molecule has 1 atom stereocenters. The van der Waals surface area contributed by atoms with Gasteiger partial charge in [-0.25, -0.2) is 0 Å². The molecule has 1 aliphatic rings. The highest BCUT2D eigenvalue weighted by atomic mass is 16.3. The molecule has 5 heteroatoms. The van der Waals surface area contributed by atoms with Crippen LogP contribution in [0.2, 0.25) is 0 Å². The van der Waals surface area contributed by atoms with Crippen molar-refractivity contribution in [3.63, 3.8) is 0 Å². The van der Waals surface area contributed by atoms with E-state index in [0.29, 0.717) is 19.5 Å². The van der Waals surface area contributed by atoms with Gasteiger partial charge in [0.2, 0.25) is 5.91 Å². The molecule has 132 valence electrons. The summed E-state index contributed by atoms with van der Waals surface area (Å²) in [6.07, 6.45) is 0.893. The van der Waals surface area contributed by atoms with Crippen molar-refractivity contribution in [3.8, 4) is 5.75 Å². The molecule has 0 saturated carbocycles. The van der Waals surface area contributed by atoms with E-state index in [1.54, 1.807) is 24.3 Å². The number of hydrogen-bond donors (Lipinski definition) is 3. The maximum Gasteiger partial charge on any atom is 0.224 e. The Morgan fingerprint density at radius 1 is 1.12 bits per heavy atom. The van der Waals surface area contributed by atoms with Crippen LogP contribution in [0.5, 0.6) is 5.75 Å². The summed E-state index contributed by atoms with van der Waals surface area (Å²) in [5, 5.41) is 21.9. The number of β-amino-alcohol motifs (C(OH)–C–C–N with tert-alkyl or cyclic N) is 1. The van der Waals surface area contributed by atoms with E-state index in [2.05, 4.69) is 16.3 Å². The summed E-state index contributed by atoms with van der Waals surface area (Å²) in [5.74, 6) is 0.155. The Morgan fingerprint density at radius 2 is 1.84 bits per heavy atom. The number of aliphatic hydroxyl groups is 1. The highest BCUT2D eigenvalue weighted by molar-refractivity contribution is 5.78. The van der Waals surface area contributed by atoms with Crippen LogP contribution in [0.3, 0.4) is 0 Å². The number of aliphatic hydroxyl groups excluding tert-OH is 1. The molecule has 0 aromatic heterocycles. The van der Waals surface area contributed by atoms with Crippen molar-refractivity contribution in [2.45, 2.75) is 32.0 Å². The van der Waals surface area contributed by atoms with Gasteiger partial charge in [-0.05, 0) is 35.2 Å². The number of carbonyl (C=O) groups excluding carboxylic acids is 1. The average Bonchev–Trinajstić information content (AvgIpc) is 3.01. The van der Waals surface area contributed by atoms with E-state index in [9.17, 15) is 15.0 Å². The number of nitrogens with zero attached hydrogens (tertiary/aromatic N) is 1. The second kappa shape index (κ2) is 8.14. The zero-order valence-corrected chi connectivity index (χ0v) is 14.2. The standard InChI is InChI=1S/C20H24N2O3/c23-18-7-5-15(6-8-18)11-20(25)21-12-16-3-1-2-4-17(16)13-22-10-9-19(24)14-22/h1-8,19,23-24H,9-14H2,(H,21,25). The Labute approximate surface area is 147 Å². The Bertz CT molecular complexity index is 715. The maximum atomic E-state index is 12.2. The fourth-order valence-electron chi connectivity index (χ4n) is 3.14. The number of phenolic OH excluding ortho intramolecular Hbond substituents is 1. The van der Waals surface area contributed by atoms with Crippen LogP contribution in [0.15, 0.2) is 48.5 Å². The van der Waals surface area contributed by atoms with Crippen LogP contribution in [0.1, 0.15) is 23.1 Å².